The number of piperazine rings is 1. The van der Waals surface area contributed by atoms with Gasteiger partial charge in [-0.05, 0) is 34.6 Å². The summed E-state index contributed by atoms with van der Waals surface area (Å²) in [6.45, 7) is 14.2. The molecule has 0 spiro atoms. The van der Waals surface area contributed by atoms with Crippen LogP contribution in [0.4, 0.5) is 4.79 Å². The first-order chi connectivity index (χ1) is 8.70. The normalized spacial score (nSPS) is 25.3. The van der Waals surface area contributed by atoms with E-state index in [2.05, 4.69) is 18.7 Å². The van der Waals surface area contributed by atoms with E-state index >= 15 is 0 Å². The van der Waals surface area contributed by atoms with Crippen LogP contribution in [0.15, 0.2) is 0 Å². The van der Waals surface area contributed by atoms with Crippen molar-refractivity contribution in [2.75, 3.05) is 32.8 Å². The molecule has 2 saturated heterocycles. The number of hydrogen-bond donors (Lipinski definition) is 0. The van der Waals surface area contributed by atoms with Crippen molar-refractivity contribution in [1.82, 2.24) is 9.80 Å². The summed E-state index contributed by atoms with van der Waals surface area (Å²) >= 11 is 0. The van der Waals surface area contributed by atoms with Crippen molar-refractivity contribution in [2.24, 2.45) is 0 Å². The molecule has 0 radical (unpaired) electrons. The van der Waals surface area contributed by atoms with Gasteiger partial charge in [0.05, 0.1) is 12.7 Å². The average Bonchev–Trinajstić information content (AvgIpc) is 3.11. The summed E-state index contributed by atoms with van der Waals surface area (Å²) in [6, 6.07) is 0. The predicted molar refractivity (Wildman–Crippen MR) is 73.2 cm³/mol. The molecule has 2 aliphatic heterocycles. The molecule has 0 bridgehead atoms. The minimum absolute atomic E-state index is 0.0695. The third kappa shape index (κ3) is 3.60. The minimum Gasteiger partial charge on any atom is -0.444 e. The first kappa shape index (κ1) is 14.6. The van der Waals surface area contributed by atoms with Crippen LogP contribution in [0.2, 0.25) is 0 Å². The van der Waals surface area contributed by atoms with Gasteiger partial charge in [-0.1, -0.05) is 0 Å². The Labute approximate surface area is 115 Å². The molecule has 5 nitrogen and oxygen atoms in total. The molecule has 0 aliphatic carbocycles. The minimum atomic E-state index is -0.421. The molecule has 2 fully saturated rings. The van der Waals surface area contributed by atoms with Gasteiger partial charge in [0.2, 0.25) is 0 Å². The summed E-state index contributed by atoms with van der Waals surface area (Å²) in [5, 5.41) is 0. The Balaban J connectivity index is 1.83. The first-order valence-electron chi connectivity index (χ1n) is 7.05. The van der Waals surface area contributed by atoms with E-state index in [-0.39, 0.29) is 11.6 Å². The maximum Gasteiger partial charge on any atom is 0.410 e. The van der Waals surface area contributed by atoms with Gasteiger partial charge in [0.15, 0.2) is 0 Å². The molecule has 0 aromatic rings. The standard InChI is InChI=1S/C14H26N2O3/c1-13(2,3)19-12(17)15-6-8-16(9-7-15)14(4,5)11-10-18-11/h11H,6-10H2,1-5H3. The molecule has 2 heterocycles. The van der Waals surface area contributed by atoms with Crippen LogP contribution in [-0.4, -0.2) is 65.9 Å². The van der Waals surface area contributed by atoms with Crippen molar-refractivity contribution in [3.8, 4) is 0 Å². The molecule has 0 N–H and O–H groups in total. The molecule has 0 saturated carbocycles. The maximum atomic E-state index is 12.0. The lowest BCUT2D eigenvalue weighted by Gasteiger charge is -2.43. The number of hydrogen-bond acceptors (Lipinski definition) is 4. The first-order valence-corrected chi connectivity index (χ1v) is 7.05. The highest BCUT2D eigenvalue weighted by molar-refractivity contribution is 5.68. The molecular weight excluding hydrogens is 244 g/mol. The SMILES string of the molecule is CC(C)(C)OC(=O)N1CCN(C(C)(C)C2CO2)CC1. The highest BCUT2D eigenvalue weighted by atomic mass is 16.6. The Hall–Kier alpha value is -0.810. The Morgan fingerprint density at radius 1 is 1.11 bits per heavy atom. The van der Waals surface area contributed by atoms with Gasteiger partial charge in [-0.15, -0.1) is 0 Å². The third-order valence-electron chi connectivity index (χ3n) is 3.87. The van der Waals surface area contributed by atoms with Gasteiger partial charge in [-0.3, -0.25) is 4.90 Å². The Kier molecular flexibility index (Phi) is 3.80. The molecule has 2 aliphatic rings. The van der Waals surface area contributed by atoms with Crippen LogP contribution in [0.3, 0.4) is 0 Å². The molecule has 5 heteroatoms. The van der Waals surface area contributed by atoms with Crippen molar-refractivity contribution in [3.63, 3.8) is 0 Å². The smallest absolute Gasteiger partial charge is 0.410 e. The second kappa shape index (κ2) is 4.94. The number of amides is 1. The average molecular weight is 270 g/mol. The van der Waals surface area contributed by atoms with Crippen molar-refractivity contribution in [3.05, 3.63) is 0 Å². The lowest BCUT2D eigenvalue weighted by Crippen LogP contribution is -2.58. The summed E-state index contributed by atoms with van der Waals surface area (Å²) < 4.78 is 10.8. The van der Waals surface area contributed by atoms with Gasteiger partial charge in [0.1, 0.15) is 5.60 Å². The number of epoxide rings is 1. The van der Waals surface area contributed by atoms with Gasteiger partial charge in [-0.2, -0.15) is 0 Å². The Morgan fingerprint density at radius 2 is 1.63 bits per heavy atom. The van der Waals surface area contributed by atoms with Gasteiger partial charge in [-0.25, -0.2) is 4.79 Å². The van der Waals surface area contributed by atoms with E-state index in [1.54, 1.807) is 4.90 Å². The van der Waals surface area contributed by atoms with Gasteiger partial charge >= 0.3 is 6.09 Å². The summed E-state index contributed by atoms with van der Waals surface area (Å²) in [5.74, 6) is 0. The van der Waals surface area contributed by atoms with Crippen molar-refractivity contribution >= 4 is 6.09 Å². The highest BCUT2D eigenvalue weighted by Gasteiger charge is 2.44. The molecule has 2 rings (SSSR count). The molecule has 0 aromatic carbocycles. The van der Waals surface area contributed by atoms with Crippen LogP contribution in [-0.2, 0) is 9.47 Å². The molecular formula is C14H26N2O3. The Bertz CT molecular complexity index is 337. The van der Waals surface area contributed by atoms with Crippen molar-refractivity contribution in [2.45, 2.75) is 51.9 Å². The van der Waals surface area contributed by atoms with E-state index in [9.17, 15) is 4.79 Å². The lowest BCUT2D eigenvalue weighted by molar-refractivity contribution is -0.00231. The molecule has 0 aromatic heterocycles. The fourth-order valence-corrected chi connectivity index (χ4v) is 2.45. The molecule has 110 valence electrons. The summed E-state index contributed by atoms with van der Waals surface area (Å²) in [7, 11) is 0. The summed E-state index contributed by atoms with van der Waals surface area (Å²) in [5.41, 5.74) is -0.352. The van der Waals surface area contributed by atoms with E-state index in [1.165, 1.54) is 0 Å². The van der Waals surface area contributed by atoms with E-state index < -0.39 is 5.60 Å². The third-order valence-corrected chi connectivity index (χ3v) is 3.87. The monoisotopic (exact) mass is 270 g/mol. The molecule has 1 atom stereocenters. The molecule has 19 heavy (non-hydrogen) atoms. The van der Waals surface area contributed by atoms with E-state index in [0.29, 0.717) is 6.10 Å². The van der Waals surface area contributed by atoms with Crippen molar-refractivity contribution < 1.29 is 14.3 Å². The van der Waals surface area contributed by atoms with Crippen LogP contribution in [0, 0.1) is 0 Å². The zero-order valence-corrected chi connectivity index (χ0v) is 12.7. The fraction of sp³-hybridized carbons (Fsp3) is 0.929. The summed E-state index contributed by atoms with van der Waals surface area (Å²) in [6.07, 6.45) is 0.146. The zero-order chi connectivity index (χ0) is 14.3. The number of rotatable bonds is 2. The lowest BCUT2D eigenvalue weighted by atomic mass is 9.97. The maximum absolute atomic E-state index is 12.0. The van der Waals surface area contributed by atoms with E-state index in [1.807, 2.05) is 20.8 Å². The van der Waals surface area contributed by atoms with E-state index in [0.717, 1.165) is 32.8 Å². The zero-order valence-electron chi connectivity index (χ0n) is 12.7. The van der Waals surface area contributed by atoms with Crippen molar-refractivity contribution in [1.29, 1.82) is 0 Å². The molecule has 1 amide bonds. The predicted octanol–water partition coefficient (Wildman–Crippen LogP) is 1.72. The van der Waals surface area contributed by atoms with Gasteiger partial charge in [0, 0.05) is 31.7 Å². The van der Waals surface area contributed by atoms with Crippen LogP contribution < -0.4 is 0 Å². The second-order valence-electron chi connectivity index (χ2n) is 6.93. The highest BCUT2D eigenvalue weighted by Crippen LogP contribution is 2.30. The van der Waals surface area contributed by atoms with Crippen LogP contribution in [0.1, 0.15) is 34.6 Å². The topological polar surface area (TPSA) is 45.3 Å². The quantitative estimate of drug-likeness (QED) is 0.717. The van der Waals surface area contributed by atoms with Crippen LogP contribution in [0.25, 0.3) is 0 Å². The van der Waals surface area contributed by atoms with Crippen LogP contribution in [0.5, 0.6) is 0 Å². The largest absolute Gasteiger partial charge is 0.444 e. The number of carbonyl (C=O) groups is 1. The second-order valence-corrected chi connectivity index (χ2v) is 6.93. The van der Waals surface area contributed by atoms with Gasteiger partial charge in [0.25, 0.3) is 0 Å². The van der Waals surface area contributed by atoms with Crippen LogP contribution >= 0.6 is 0 Å². The number of nitrogens with zero attached hydrogens (tertiary/aromatic N) is 2. The molecule has 1 unspecified atom stereocenters. The Morgan fingerprint density at radius 3 is 2.05 bits per heavy atom. The number of carbonyl (C=O) groups excluding carboxylic acids is 1. The summed E-state index contributed by atoms with van der Waals surface area (Å²) in [4.78, 5) is 16.2. The van der Waals surface area contributed by atoms with E-state index in [4.69, 9.17) is 9.47 Å². The van der Waals surface area contributed by atoms with Gasteiger partial charge < -0.3 is 14.4 Å². The fourth-order valence-electron chi connectivity index (χ4n) is 2.45. The number of ether oxygens (including phenoxy) is 2.